The van der Waals surface area contributed by atoms with E-state index in [1.165, 1.54) is 12.3 Å². The molecule has 2 N–H and O–H groups in total. The lowest BCUT2D eigenvalue weighted by Gasteiger charge is -2.07. The highest BCUT2D eigenvalue weighted by Crippen LogP contribution is 2.12. The number of hydrogen-bond donors (Lipinski definition) is 2. The molecule has 0 aliphatic carbocycles. The number of carbonyl (C=O) groups is 2. The van der Waals surface area contributed by atoms with Gasteiger partial charge < -0.3 is 10.6 Å². The predicted octanol–water partition coefficient (Wildman–Crippen LogP) is 3.89. The predicted molar refractivity (Wildman–Crippen MR) is 97.8 cm³/mol. The van der Waals surface area contributed by atoms with Gasteiger partial charge in [0.15, 0.2) is 0 Å². The highest BCUT2D eigenvalue weighted by Gasteiger charge is 2.12. The molecule has 1 heterocycles. The van der Waals surface area contributed by atoms with Crippen LogP contribution in [0.4, 0.5) is 11.4 Å². The van der Waals surface area contributed by atoms with Crippen LogP contribution in [-0.4, -0.2) is 16.8 Å². The maximum absolute atomic E-state index is 12.3. The monoisotopic (exact) mass is 331 g/mol. The van der Waals surface area contributed by atoms with Crippen LogP contribution in [0.15, 0.2) is 72.9 Å². The Bertz CT molecular complexity index is 890. The van der Waals surface area contributed by atoms with Crippen molar-refractivity contribution in [1.82, 2.24) is 4.98 Å². The summed E-state index contributed by atoms with van der Waals surface area (Å²) < 4.78 is 0. The standard InChI is InChI=1S/C20H17N3O2/c1-14-7-9-17(10-8-14)23-20(25)18-13-15(11-12-21-18)19(24)22-16-5-3-2-4-6-16/h2-13H,1H3,(H,22,24)(H,23,25). The van der Waals surface area contributed by atoms with Crippen molar-refractivity contribution in [3.63, 3.8) is 0 Å². The van der Waals surface area contributed by atoms with E-state index in [9.17, 15) is 9.59 Å². The molecular formula is C20H17N3O2. The number of rotatable bonds is 4. The SMILES string of the molecule is Cc1ccc(NC(=O)c2cc(C(=O)Nc3ccccc3)ccn2)cc1. The molecule has 5 heteroatoms. The quantitative estimate of drug-likeness (QED) is 0.762. The third-order valence-electron chi connectivity index (χ3n) is 3.60. The van der Waals surface area contributed by atoms with Gasteiger partial charge in [-0.15, -0.1) is 0 Å². The normalized spacial score (nSPS) is 10.1. The first-order valence-corrected chi connectivity index (χ1v) is 7.82. The molecule has 0 radical (unpaired) electrons. The van der Waals surface area contributed by atoms with Crippen molar-refractivity contribution >= 4 is 23.2 Å². The summed E-state index contributed by atoms with van der Waals surface area (Å²) in [6.45, 7) is 1.97. The Morgan fingerprint density at radius 2 is 1.44 bits per heavy atom. The first-order valence-electron chi connectivity index (χ1n) is 7.82. The molecule has 25 heavy (non-hydrogen) atoms. The second kappa shape index (κ2) is 7.40. The number of pyridine rings is 1. The number of carbonyl (C=O) groups excluding carboxylic acids is 2. The summed E-state index contributed by atoms with van der Waals surface area (Å²) in [6.07, 6.45) is 1.45. The minimum atomic E-state index is -0.363. The van der Waals surface area contributed by atoms with Crippen molar-refractivity contribution < 1.29 is 9.59 Å². The van der Waals surface area contributed by atoms with Crippen molar-refractivity contribution in [3.8, 4) is 0 Å². The number of nitrogens with zero attached hydrogens (tertiary/aromatic N) is 1. The van der Waals surface area contributed by atoms with Crippen molar-refractivity contribution in [3.05, 3.63) is 89.7 Å². The number of anilines is 2. The summed E-state index contributed by atoms with van der Waals surface area (Å²) in [4.78, 5) is 28.7. The van der Waals surface area contributed by atoms with E-state index in [-0.39, 0.29) is 17.5 Å². The zero-order valence-corrected chi connectivity index (χ0v) is 13.7. The van der Waals surface area contributed by atoms with Gasteiger partial charge in [0.2, 0.25) is 0 Å². The van der Waals surface area contributed by atoms with Crippen molar-refractivity contribution in [2.24, 2.45) is 0 Å². The second-order valence-electron chi connectivity index (χ2n) is 5.57. The molecule has 0 unspecified atom stereocenters. The Morgan fingerprint density at radius 3 is 2.16 bits per heavy atom. The molecule has 0 atom stereocenters. The van der Waals surface area contributed by atoms with Gasteiger partial charge in [-0.3, -0.25) is 14.6 Å². The maximum atomic E-state index is 12.3. The van der Waals surface area contributed by atoms with Gasteiger partial charge in [-0.05, 0) is 43.3 Å². The Hall–Kier alpha value is -3.47. The van der Waals surface area contributed by atoms with Gasteiger partial charge in [0.25, 0.3) is 11.8 Å². The van der Waals surface area contributed by atoms with E-state index in [1.54, 1.807) is 18.2 Å². The molecule has 1 aromatic heterocycles. The highest BCUT2D eigenvalue weighted by atomic mass is 16.2. The minimum absolute atomic E-state index is 0.182. The molecule has 2 aromatic carbocycles. The molecule has 0 bridgehead atoms. The largest absolute Gasteiger partial charge is 0.322 e. The summed E-state index contributed by atoms with van der Waals surface area (Å²) in [6, 6.07) is 19.6. The van der Waals surface area contributed by atoms with Gasteiger partial charge in [0.05, 0.1) is 0 Å². The van der Waals surface area contributed by atoms with Crippen LogP contribution in [0, 0.1) is 6.92 Å². The molecule has 0 fully saturated rings. The summed E-state index contributed by atoms with van der Waals surface area (Å²) in [7, 11) is 0. The van der Waals surface area contributed by atoms with Crippen LogP contribution in [0.25, 0.3) is 0 Å². The molecular weight excluding hydrogens is 314 g/mol. The lowest BCUT2D eigenvalue weighted by Crippen LogP contribution is -2.17. The third-order valence-corrected chi connectivity index (χ3v) is 3.60. The van der Waals surface area contributed by atoms with Gasteiger partial charge in [0, 0.05) is 23.1 Å². The molecule has 0 spiro atoms. The Labute approximate surface area is 145 Å². The lowest BCUT2D eigenvalue weighted by molar-refractivity contribution is 0.102. The average Bonchev–Trinajstić information content (AvgIpc) is 2.64. The molecule has 3 rings (SSSR count). The van der Waals surface area contributed by atoms with E-state index in [0.29, 0.717) is 16.9 Å². The van der Waals surface area contributed by atoms with Gasteiger partial charge >= 0.3 is 0 Å². The first-order chi connectivity index (χ1) is 12.1. The van der Waals surface area contributed by atoms with Crippen LogP contribution in [0.2, 0.25) is 0 Å². The number of hydrogen-bond acceptors (Lipinski definition) is 3. The Morgan fingerprint density at radius 1 is 0.800 bits per heavy atom. The number of aryl methyl sites for hydroxylation is 1. The Balaban J connectivity index is 1.73. The number of para-hydroxylation sites is 1. The summed E-state index contributed by atoms with van der Waals surface area (Å²) in [5, 5.41) is 5.55. The van der Waals surface area contributed by atoms with Gasteiger partial charge in [-0.1, -0.05) is 35.9 Å². The second-order valence-corrected chi connectivity index (χ2v) is 5.57. The summed E-state index contributed by atoms with van der Waals surface area (Å²) >= 11 is 0. The summed E-state index contributed by atoms with van der Waals surface area (Å²) in [5.41, 5.74) is 3.02. The minimum Gasteiger partial charge on any atom is -0.322 e. The third kappa shape index (κ3) is 4.29. The fraction of sp³-hybridized carbons (Fsp3) is 0.0500. The fourth-order valence-corrected chi connectivity index (χ4v) is 2.25. The molecule has 124 valence electrons. The van der Waals surface area contributed by atoms with Crippen molar-refractivity contribution in [2.75, 3.05) is 10.6 Å². The van der Waals surface area contributed by atoms with Crippen LogP contribution in [0.5, 0.6) is 0 Å². The van der Waals surface area contributed by atoms with E-state index in [2.05, 4.69) is 15.6 Å². The number of amides is 2. The molecule has 0 aliphatic heterocycles. The smallest absolute Gasteiger partial charge is 0.274 e. The number of nitrogens with one attached hydrogen (secondary N) is 2. The fourth-order valence-electron chi connectivity index (χ4n) is 2.25. The zero-order chi connectivity index (χ0) is 17.6. The molecule has 0 aliphatic rings. The molecule has 5 nitrogen and oxygen atoms in total. The average molecular weight is 331 g/mol. The highest BCUT2D eigenvalue weighted by molar-refractivity contribution is 6.07. The van der Waals surface area contributed by atoms with E-state index in [0.717, 1.165) is 5.56 Å². The van der Waals surface area contributed by atoms with Gasteiger partial charge in [-0.2, -0.15) is 0 Å². The molecule has 0 saturated carbocycles. The van der Waals surface area contributed by atoms with Crippen LogP contribution in [-0.2, 0) is 0 Å². The zero-order valence-electron chi connectivity index (χ0n) is 13.7. The van der Waals surface area contributed by atoms with E-state index in [1.807, 2.05) is 49.4 Å². The van der Waals surface area contributed by atoms with E-state index < -0.39 is 0 Å². The van der Waals surface area contributed by atoms with E-state index in [4.69, 9.17) is 0 Å². The van der Waals surface area contributed by atoms with E-state index >= 15 is 0 Å². The van der Waals surface area contributed by atoms with Gasteiger partial charge in [-0.25, -0.2) is 0 Å². The number of benzene rings is 2. The molecule has 3 aromatic rings. The number of aromatic nitrogens is 1. The van der Waals surface area contributed by atoms with Gasteiger partial charge in [0.1, 0.15) is 5.69 Å². The van der Waals surface area contributed by atoms with Crippen LogP contribution in [0.3, 0.4) is 0 Å². The maximum Gasteiger partial charge on any atom is 0.274 e. The Kier molecular flexibility index (Phi) is 4.85. The first kappa shape index (κ1) is 16.4. The topological polar surface area (TPSA) is 71.1 Å². The van der Waals surface area contributed by atoms with Crippen LogP contribution < -0.4 is 10.6 Å². The summed E-state index contributed by atoms with van der Waals surface area (Å²) in [5.74, 6) is -0.656. The lowest BCUT2D eigenvalue weighted by atomic mass is 10.2. The molecule has 2 amide bonds. The van der Waals surface area contributed by atoms with Crippen molar-refractivity contribution in [1.29, 1.82) is 0 Å². The molecule has 0 saturated heterocycles. The van der Waals surface area contributed by atoms with Crippen molar-refractivity contribution in [2.45, 2.75) is 6.92 Å². The van der Waals surface area contributed by atoms with Crippen LogP contribution >= 0.6 is 0 Å². The van der Waals surface area contributed by atoms with Crippen LogP contribution in [0.1, 0.15) is 26.4 Å².